The Bertz CT molecular complexity index is 495. The van der Waals surface area contributed by atoms with Crippen molar-refractivity contribution in [2.75, 3.05) is 0 Å². The molecule has 0 bridgehead atoms. The molecule has 1 heterocycles. The summed E-state index contributed by atoms with van der Waals surface area (Å²) in [5.74, 6) is -1.18. The van der Waals surface area contributed by atoms with Crippen LogP contribution in [0.5, 0.6) is 0 Å². The average Bonchev–Trinajstić information content (AvgIpc) is 2.51. The summed E-state index contributed by atoms with van der Waals surface area (Å²) in [6, 6.07) is 3.76. The van der Waals surface area contributed by atoms with Crippen LogP contribution in [0.4, 0.5) is 8.78 Å². The van der Waals surface area contributed by atoms with Gasteiger partial charge in [-0.3, -0.25) is 0 Å². The quantitative estimate of drug-likeness (QED) is 0.736. The molecule has 0 fully saturated rings. The molecule has 14 heavy (non-hydrogen) atoms. The first kappa shape index (κ1) is 9.48. The number of halogens is 2. The molecule has 0 saturated heterocycles. The van der Waals surface area contributed by atoms with E-state index in [4.69, 9.17) is 12.2 Å². The second-order valence-corrected chi connectivity index (χ2v) is 4.20. The molecule has 72 valence electrons. The monoisotopic (exact) mass is 229 g/mol. The van der Waals surface area contributed by atoms with Crippen molar-refractivity contribution in [3.05, 3.63) is 39.2 Å². The fraction of sp³-hybridized carbons (Fsp3) is 0. The minimum absolute atomic E-state index is 0.0557. The summed E-state index contributed by atoms with van der Waals surface area (Å²) >= 11 is 6.08. The van der Waals surface area contributed by atoms with Gasteiger partial charge in [0.15, 0.2) is 3.95 Å². The largest absolute Gasteiger partial charge is 0.337 e. The van der Waals surface area contributed by atoms with Crippen LogP contribution < -0.4 is 0 Å². The van der Waals surface area contributed by atoms with Gasteiger partial charge in [-0.25, -0.2) is 8.78 Å². The van der Waals surface area contributed by atoms with Crippen molar-refractivity contribution in [1.82, 2.24) is 4.98 Å². The number of H-pyrrole nitrogens is 1. The number of aromatic nitrogens is 1. The van der Waals surface area contributed by atoms with Gasteiger partial charge in [0, 0.05) is 5.38 Å². The third-order valence-electron chi connectivity index (χ3n) is 1.75. The summed E-state index contributed by atoms with van der Waals surface area (Å²) in [4.78, 5) is 2.73. The Labute approximate surface area is 88.0 Å². The summed E-state index contributed by atoms with van der Waals surface area (Å²) in [5.41, 5.74) is 0.329. The molecule has 1 nitrogen and oxygen atoms in total. The Morgan fingerprint density at radius 2 is 1.86 bits per heavy atom. The summed E-state index contributed by atoms with van der Waals surface area (Å²) < 4.78 is 27.0. The molecule has 1 N–H and O–H groups in total. The van der Waals surface area contributed by atoms with E-state index in [1.54, 1.807) is 5.38 Å². The van der Waals surface area contributed by atoms with Crippen molar-refractivity contribution in [1.29, 1.82) is 0 Å². The molecule has 5 heteroatoms. The molecule has 2 aromatic rings. The lowest BCUT2D eigenvalue weighted by Gasteiger charge is -2.00. The first-order valence-corrected chi connectivity index (χ1v) is 5.09. The fourth-order valence-corrected chi connectivity index (χ4v) is 1.98. The van der Waals surface area contributed by atoms with Crippen LogP contribution in [0, 0.1) is 15.6 Å². The molecule has 0 aliphatic carbocycles. The SMILES string of the molecule is Fc1cccc(F)c1-c1csc(=S)[nH]1. The smallest absolute Gasteiger partial charge is 0.158 e. The van der Waals surface area contributed by atoms with Gasteiger partial charge >= 0.3 is 0 Å². The maximum absolute atomic E-state index is 13.3. The van der Waals surface area contributed by atoms with Gasteiger partial charge in [0.05, 0.1) is 11.3 Å². The molecule has 0 saturated carbocycles. The van der Waals surface area contributed by atoms with Gasteiger partial charge in [0.2, 0.25) is 0 Å². The number of rotatable bonds is 1. The van der Waals surface area contributed by atoms with Crippen LogP contribution in [0.25, 0.3) is 11.3 Å². The first-order chi connectivity index (χ1) is 6.68. The molecule has 2 rings (SSSR count). The van der Waals surface area contributed by atoms with E-state index in [0.717, 1.165) is 0 Å². The Morgan fingerprint density at radius 1 is 1.21 bits per heavy atom. The summed E-state index contributed by atoms with van der Waals surface area (Å²) in [6.07, 6.45) is 0. The highest BCUT2D eigenvalue weighted by molar-refractivity contribution is 7.73. The van der Waals surface area contributed by atoms with E-state index in [1.807, 2.05) is 0 Å². The topological polar surface area (TPSA) is 15.8 Å². The van der Waals surface area contributed by atoms with Crippen LogP contribution in [0.15, 0.2) is 23.6 Å². The van der Waals surface area contributed by atoms with Crippen LogP contribution in [0.1, 0.15) is 0 Å². The van der Waals surface area contributed by atoms with E-state index in [0.29, 0.717) is 9.65 Å². The Kier molecular flexibility index (Phi) is 2.43. The predicted molar refractivity (Wildman–Crippen MR) is 54.9 cm³/mol. The molecule has 0 aliphatic heterocycles. The average molecular weight is 229 g/mol. The molecule has 0 radical (unpaired) electrons. The second-order valence-electron chi connectivity index (χ2n) is 2.66. The van der Waals surface area contributed by atoms with Gasteiger partial charge < -0.3 is 4.98 Å². The van der Waals surface area contributed by atoms with Gasteiger partial charge in [-0.2, -0.15) is 0 Å². The van der Waals surface area contributed by atoms with E-state index < -0.39 is 11.6 Å². The zero-order valence-corrected chi connectivity index (χ0v) is 8.51. The number of nitrogens with one attached hydrogen (secondary N) is 1. The molecule has 0 unspecified atom stereocenters. The zero-order chi connectivity index (χ0) is 10.1. The van der Waals surface area contributed by atoms with Crippen LogP contribution in [-0.2, 0) is 0 Å². The molecule has 0 spiro atoms. The lowest BCUT2D eigenvalue weighted by molar-refractivity contribution is 0.589. The van der Waals surface area contributed by atoms with Crippen molar-refractivity contribution in [2.45, 2.75) is 0 Å². The van der Waals surface area contributed by atoms with Crippen molar-refractivity contribution in [2.24, 2.45) is 0 Å². The zero-order valence-electron chi connectivity index (χ0n) is 6.88. The Balaban J connectivity index is 2.67. The maximum Gasteiger partial charge on any atom is 0.158 e. The van der Waals surface area contributed by atoms with E-state index in [-0.39, 0.29) is 5.56 Å². The number of hydrogen-bond acceptors (Lipinski definition) is 2. The second kappa shape index (κ2) is 3.59. The maximum atomic E-state index is 13.3. The third-order valence-corrected chi connectivity index (χ3v) is 2.81. The number of thiazole rings is 1. The highest BCUT2D eigenvalue weighted by Crippen LogP contribution is 2.25. The minimum atomic E-state index is -0.589. The molecule has 0 atom stereocenters. The van der Waals surface area contributed by atoms with Gasteiger partial charge in [-0.05, 0) is 24.4 Å². The summed E-state index contributed by atoms with van der Waals surface area (Å²) in [7, 11) is 0. The van der Waals surface area contributed by atoms with Gasteiger partial charge in [0.1, 0.15) is 11.6 Å². The molecular formula is C9H5F2NS2. The normalized spacial score (nSPS) is 10.4. The first-order valence-electron chi connectivity index (χ1n) is 3.80. The van der Waals surface area contributed by atoms with E-state index in [9.17, 15) is 8.78 Å². The van der Waals surface area contributed by atoms with Crippen molar-refractivity contribution >= 4 is 23.6 Å². The Hall–Kier alpha value is -1.07. The van der Waals surface area contributed by atoms with Crippen LogP contribution in [0.2, 0.25) is 0 Å². The van der Waals surface area contributed by atoms with E-state index >= 15 is 0 Å². The lowest BCUT2D eigenvalue weighted by Crippen LogP contribution is -1.89. The number of benzene rings is 1. The highest BCUT2D eigenvalue weighted by Gasteiger charge is 2.11. The third kappa shape index (κ3) is 1.60. The van der Waals surface area contributed by atoms with E-state index in [2.05, 4.69) is 4.98 Å². The standard InChI is InChI=1S/C9H5F2NS2/c10-5-2-1-3-6(11)8(5)7-4-14-9(13)12-7/h1-4H,(H,12,13). The van der Waals surface area contributed by atoms with Crippen LogP contribution in [0.3, 0.4) is 0 Å². The molecule has 0 aliphatic rings. The summed E-state index contributed by atoms with van der Waals surface area (Å²) in [6.45, 7) is 0. The van der Waals surface area contributed by atoms with Gasteiger partial charge in [-0.1, -0.05) is 6.07 Å². The minimum Gasteiger partial charge on any atom is -0.337 e. The molecule has 1 aromatic heterocycles. The summed E-state index contributed by atoms with van der Waals surface area (Å²) in [5, 5.41) is 1.60. The predicted octanol–water partition coefficient (Wildman–Crippen LogP) is 3.75. The fourth-order valence-electron chi connectivity index (χ4n) is 1.16. The molecular weight excluding hydrogens is 224 g/mol. The van der Waals surface area contributed by atoms with Crippen LogP contribution in [-0.4, -0.2) is 4.98 Å². The van der Waals surface area contributed by atoms with E-state index in [1.165, 1.54) is 29.5 Å². The lowest BCUT2D eigenvalue weighted by atomic mass is 10.1. The number of hydrogen-bond donors (Lipinski definition) is 1. The van der Waals surface area contributed by atoms with Crippen molar-refractivity contribution in [3.8, 4) is 11.3 Å². The van der Waals surface area contributed by atoms with Crippen molar-refractivity contribution < 1.29 is 8.78 Å². The van der Waals surface area contributed by atoms with Gasteiger partial charge in [0.25, 0.3) is 0 Å². The van der Waals surface area contributed by atoms with Crippen LogP contribution >= 0.6 is 23.6 Å². The molecule has 1 aromatic carbocycles. The molecule has 0 amide bonds. The Morgan fingerprint density at radius 3 is 2.36 bits per heavy atom. The highest BCUT2D eigenvalue weighted by atomic mass is 32.1. The number of aromatic amines is 1. The van der Waals surface area contributed by atoms with Crippen molar-refractivity contribution in [3.63, 3.8) is 0 Å². The van der Waals surface area contributed by atoms with Gasteiger partial charge in [-0.15, -0.1) is 11.3 Å².